The van der Waals surface area contributed by atoms with Crippen molar-refractivity contribution in [3.8, 4) is 0 Å². The number of sulfonamides is 1. The van der Waals surface area contributed by atoms with E-state index in [1.165, 1.54) is 0 Å². The third kappa shape index (κ3) is 3.57. The van der Waals surface area contributed by atoms with Crippen LogP contribution in [0.15, 0.2) is 52.9 Å². The molecule has 0 aromatic heterocycles. The summed E-state index contributed by atoms with van der Waals surface area (Å²) in [5, 5.41) is 0. The molecule has 0 spiro atoms. The Kier molecular flexibility index (Phi) is 4.99. The van der Waals surface area contributed by atoms with Crippen LogP contribution in [0, 0.1) is 0 Å². The maximum absolute atomic E-state index is 13.0. The standard InChI is InChI=1S/C23H26N2O3S/c1-15(2)16-8-10-18(11-9-16)24-29(27,28)19-12-13-21-20(14-19)22(23(26)25(21)3)17-6-4-5-7-17/h8-15,24H,4-7H2,1-3H3. The van der Waals surface area contributed by atoms with E-state index in [-0.39, 0.29) is 10.8 Å². The van der Waals surface area contributed by atoms with Crippen molar-refractivity contribution in [1.82, 2.24) is 0 Å². The minimum atomic E-state index is -3.75. The van der Waals surface area contributed by atoms with Gasteiger partial charge in [0.2, 0.25) is 0 Å². The molecule has 0 saturated heterocycles. The van der Waals surface area contributed by atoms with Crippen LogP contribution in [0.5, 0.6) is 0 Å². The molecule has 1 N–H and O–H groups in total. The molecule has 152 valence electrons. The van der Waals surface area contributed by atoms with Crippen LogP contribution in [0.1, 0.15) is 56.6 Å². The molecule has 0 atom stereocenters. The lowest BCUT2D eigenvalue weighted by molar-refractivity contribution is -0.112. The second-order valence-electron chi connectivity index (χ2n) is 8.11. The molecule has 4 rings (SSSR count). The molecule has 1 heterocycles. The number of nitrogens with one attached hydrogen (secondary N) is 1. The summed E-state index contributed by atoms with van der Waals surface area (Å²) in [4.78, 5) is 14.6. The summed E-state index contributed by atoms with van der Waals surface area (Å²) < 4.78 is 28.6. The third-order valence-electron chi connectivity index (χ3n) is 5.82. The summed E-state index contributed by atoms with van der Waals surface area (Å²) >= 11 is 0. The highest BCUT2D eigenvalue weighted by atomic mass is 32.2. The largest absolute Gasteiger partial charge is 0.311 e. The molecule has 1 saturated carbocycles. The number of likely N-dealkylation sites (N-methyl/N-ethyl adjacent to an activating group) is 1. The maximum atomic E-state index is 13.0. The molecular formula is C23H26N2O3S. The lowest BCUT2D eigenvalue weighted by Gasteiger charge is -2.12. The average molecular weight is 411 g/mol. The third-order valence-corrected chi connectivity index (χ3v) is 7.20. The number of rotatable bonds is 4. The fourth-order valence-corrected chi connectivity index (χ4v) is 5.20. The Morgan fingerprint density at radius 3 is 2.28 bits per heavy atom. The van der Waals surface area contributed by atoms with E-state index in [4.69, 9.17) is 0 Å². The van der Waals surface area contributed by atoms with Gasteiger partial charge in [-0.1, -0.05) is 31.6 Å². The van der Waals surface area contributed by atoms with E-state index >= 15 is 0 Å². The fourth-order valence-electron chi connectivity index (χ4n) is 4.11. The molecule has 2 aliphatic rings. The van der Waals surface area contributed by atoms with Gasteiger partial charge in [-0.3, -0.25) is 9.52 Å². The molecule has 0 radical (unpaired) electrons. The predicted octanol–water partition coefficient (Wildman–Crippen LogP) is 4.91. The molecule has 1 aliphatic heterocycles. The van der Waals surface area contributed by atoms with Gasteiger partial charge in [0.1, 0.15) is 0 Å². The molecule has 2 aromatic rings. The Morgan fingerprint density at radius 1 is 1.00 bits per heavy atom. The van der Waals surface area contributed by atoms with Crippen LogP contribution in [0.25, 0.3) is 5.57 Å². The number of fused-ring (bicyclic) bond motifs is 1. The Morgan fingerprint density at radius 2 is 1.66 bits per heavy atom. The van der Waals surface area contributed by atoms with Gasteiger partial charge in [0.25, 0.3) is 15.9 Å². The molecule has 6 heteroatoms. The monoisotopic (exact) mass is 410 g/mol. The molecule has 1 amide bonds. The van der Waals surface area contributed by atoms with Crippen molar-refractivity contribution in [3.63, 3.8) is 0 Å². The first-order valence-electron chi connectivity index (χ1n) is 10.1. The summed E-state index contributed by atoms with van der Waals surface area (Å²) in [6, 6.07) is 12.4. The fraction of sp³-hybridized carbons (Fsp3) is 0.348. The highest BCUT2D eigenvalue weighted by molar-refractivity contribution is 7.92. The Labute approximate surface area is 172 Å². The molecule has 1 aliphatic carbocycles. The number of nitrogens with zero attached hydrogens (tertiary/aromatic N) is 1. The molecule has 0 bridgehead atoms. The summed E-state index contributed by atoms with van der Waals surface area (Å²) in [6.07, 6.45) is 3.98. The molecule has 1 fully saturated rings. The SMILES string of the molecule is CC(C)c1ccc(NS(=O)(=O)c2ccc3c(c2)C(=C2CCCC2)C(=O)N3C)cc1. The minimum Gasteiger partial charge on any atom is -0.311 e. The van der Waals surface area contributed by atoms with E-state index in [0.717, 1.165) is 48.1 Å². The second-order valence-corrected chi connectivity index (χ2v) is 9.79. The number of carbonyl (C=O) groups excluding carboxylic acids is 1. The summed E-state index contributed by atoms with van der Waals surface area (Å²) in [6.45, 7) is 4.19. The van der Waals surface area contributed by atoms with Crippen molar-refractivity contribution in [2.24, 2.45) is 0 Å². The highest BCUT2D eigenvalue weighted by Crippen LogP contribution is 2.42. The maximum Gasteiger partial charge on any atom is 0.261 e. The van der Waals surface area contributed by atoms with Gasteiger partial charge in [0.15, 0.2) is 0 Å². The van der Waals surface area contributed by atoms with Crippen LogP contribution in [-0.2, 0) is 14.8 Å². The number of carbonyl (C=O) groups is 1. The van der Waals surface area contributed by atoms with Gasteiger partial charge in [-0.2, -0.15) is 0 Å². The van der Waals surface area contributed by atoms with Gasteiger partial charge in [-0.15, -0.1) is 0 Å². The van der Waals surface area contributed by atoms with Crippen LogP contribution in [0.4, 0.5) is 11.4 Å². The van der Waals surface area contributed by atoms with E-state index in [9.17, 15) is 13.2 Å². The van der Waals surface area contributed by atoms with Crippen molar-refractivity contribution in [1.29, 1.82) is 0 Å². The van der Waals surface area contributed by atoms with Gasteiger partial charge in [0, 0.05) is 23.9 Å². The van der Waals surface area contributed by atoms with E-state index in [2.05, 4.69) is 18.6 Å². The van der Waals surface area contributed by atoms with Crippen molar-refractivity contribution in [3.05, 3.63) is 59.2 Å². The smallest absolute Gasteiger partial charge is 0.261 e. The van der Waals surface area contributed by atoms with Gasteiger partial charge in [-0.05, 0) is 67.5 Å². The number of allylic oxidation sites excluding steroid dienone is 1. The molecular weight excluding hydrogens is 384 g/mol. The van der Waals surface area contributed by atoms with Crippen LogP contribution in [-0.4, -0.2) is 21.4 Å². The number of amides is 1. The number of anilines is 2. The zero-order chi connectivity index (χ0) is 20.8. The first-order chi connectivity index (χ1) is 13.8. The highest BCUT2D eigenvalue weighted by Gasteiger charge is 2.34. The Hall–Kier alpha value is -2.60. The first kappa shape index (κ1) is 19.7. The number of hydrogen-bond donors (Lipinski definition) is 1. The van der Waals surface area contributed by atoms with Crippen LogP contribution in [0.3, 0.4) is 0 Å². The van der Waals surface area contributed by atoms with E-state index in [1.54, 1.807) is 42.3 Å². The van der Waals surface area contributed by atoms with Crippen molar-refractivity contribution in [2.45, 2.75) is 50.3 Å². The van der Waals surface area contributed by atoms with Crippen molar-refractivity contribution in [2.75, 3.05) is 16.7 Å². The summed E-state index contributed by atoms with van der Waals surface area (Å²) in [5.74, 6) is 0.345. The van der Waals surface area contributed by atoms with Crippen molar-refractivity contribution >= 4 is 32.9 Å². The van der Waals surface area contributed by atoms with Crippen LogP contribution in [0.2, 0.25) is 0 Å². The lowest BCUT2D eigenvalue weighted by Crippen LogP contribution is -2.20. The van der Waals surface area contributed by atoms with Gasteiger partial charge < -0.3 is 4.90 Å². The molecule has 29 heavy (non-hydrogen) atoms. The zero-order valence-electron chi connectivity index (χ0n) is 17.0. The van der Waals surface area contributed by atoms with Crippen LogP contribution < -0.4 is 9.62 Å². The molecule has 2 aromatic carbocycles. The predicted molar refractivity (Wildman–Crippen MR) is 117 cm³/mol. The van der Waals surface area contributed by atoms with E-state index in [0.29, 0.717) is 17.2 Å². The normalized spacial score (nSPS) is 16.7. The minimum absolute atomic E-state index is 0.0383. The van der Waals surface area contributed by atoms with E-state index in [1.807, 2.05) is 12.1 Å². The number of hydrogen-bond acceptors (Lipinski definition) is 3. The van der Waals surface area contributed by atoms with Gasteiger partial charge >= 0.3 is 0 Å². The second kappa shape index (κ2) is 7.34. The molecule has 0 unspecified atom stereocenters. The quantitative estimate of drug-likeness (QED) is 0.728. The number of benzene rings is 2. The van der Waals surface area contributed by atoms with Gasteiger partial charge in [-0.25, -0.2) is 8.42 Å². The van der Waals surface area contributed by atoms with Crippen LogP contribution >= 0.6 is 0 Å². The lowest BCUT2D eigenvalue weighted by atomic mass is 10.00. The Bertz CT molecular complexity index is 1090. The first-order valence-corrected chi connectivity index (χ1v) is 11.5. The summed E-state index contributed by atoms with van der Waals surface area (Å²) in [7, 11) is -2.01. The van der Waals surface area contributed by atoms with Crippen molar-refractivity contribution < 1.29 is 13.2 Å². The van der Waals surface area contributed by atoms with Gasteiger partial charge in [0.05, 0.1) is 10.6 Å². The molecule has 5 nitrogen and oxygen atoms in total. The zero-order valence-corrected chi connectivity index (χ0v) is 17.8. The average Bonchev–Trinajstić information content (AvgIpc) is 3.29. The Balaban J connectivity index is 1.69. The topological polar surface area (TPSA) is 66.5 Å². The summed E-state index contributed by atoms with van der Waals surface area (Å²) in [5.41, 5.74) is 5.01. The van der Waals surface area contributed by atoms with E-state index < -0.39 is 10.0 Å².